The molecule has 1 rings (SSSR count). The minimum atomic E-state index is -1.29. The van der Waals surface area contributed by atoms with Gasteiger partial charge < -0.3 is 4.23 Å². The zero-order valence-corrected chi connectivity index (χ0v) is 12.9. The smallest absolute Gasteiger partial charge is 0.115 e. The Labute approximate surface area is 102 Å². The van der Waals surface area contributed by atoms with Crippen LogP contribution in [-0.4, -0.2) is 26.7 Å². The van der Waals surface area contributed by atoms with Gasteiger partial charge in [-0.15, -0.1) is 12.3 Å². The van der Waals surface area contributed by atoms with Crippen LogP contribution in [0.25, 0.3) is 0 Å². The molecule has 0 bridgehead atoms. The van der Waals surface area contributed by atoms with E-state index >= 15 is 0 Å². The van der Waals surface area contributed by atoms with E-state index in [-0.39, 0.29) is 0 Å². The van der Waals surface area contributed by atoms with Crippen molar-refractivity contribution in [2.75, 3.05) is 0 Å². The second kappa shape index (κ2) is 4.75. The lowest BCUT2D eigenvalue weighted by atomic mass is 10.2. The molecule has 1 aliphatic heterocycles. The van der Waals surface area contributed by atoms with Gasteiger partial charge in [0.15, 0.2) is 0 Å². The van der Waals surface area contributed by atoms with Gasteiger partial charge in [-0.1, -0.05) is 26.2 Å². The van der Waals surface area contributed by atoms with Gasteiger partial charge in [0.25, 0.3) is 0 Å². The largest absolute Gasteiger partial charge is 0.341 e. The molecule has 1 heterocycles. The van der Waals surface area contributed by atoms with Crippen molar-refractivity contribution in [1.82, 2.24) is 4.23 Å². The maximum atomic E-state index is 8.95. The molecule has 0 aromatic rings. The molecule has 0 aromatic carbocycles. The van der Waals surface area contributed by atoms with Crippen molar-refractivity contribution >= 4 is 16.5 Å². The summed E-state index contributed by atoms with van der Waals surface area (Å²) in [6.45, 7) is 9.70. The second-order valence-corrected chi connectivity index (χ2v) is 15.6. The standard InChI is InChI=1S/C12H22N2Si2/c1-6-7-12(8-9-13)14-15(2,3)10-11-16(14,4)5/h1,12H,7-8,10-11H2,2-5H3. The first-order valence-corrected chi connectivity index (χ1v) is 12.3. The molecule has 0 aromatic heterocycles. The van der Waals surface area contributed by atoms with Gasteiger partial charge >= 0.3 is 0 Å². The van der Waals surface area contributed by atoms with E-state index < -0.39 is 16.5 Å². The van der Waals surface area contributed by atoms with Crippen LogP contribution in [0.4, 0.5) is 0 Å². The maximum Gasteiger partial charge on any atom is 0.115 e. The number of hydrogen-bond acceptors (Lipinski definition) is 2. The molecule has 0 N–H and O–H groups in total. The first kappa shape index (κ1) is 13.5. The van der Waals surface area contributed by atoms with Crippen molar-refractivity contribution < 1.29 is 0 Å². The molecule has 0 saturated carbocycles. The molecule has 0 amide bonds. The molecule has 0 aliphatic carbocycles. The number of hydrogen-bond donors (Lipinski definition) is 0. The summed E-state index contributed by atoms with van der Waals surface area (Å²) in [6.07, 6.45) is 6.78. The van der Waals surface area contributed by atoms with E-state index in [0.717, 1.165) is 6.42 Å². The summed E-state index contributed by atoms with van der Waals surface area (Å²) in [5.74, 6) is 2.76. The molecule has 1 saturated heterocycles. The van der Waals surface area contributed by atoms with Gasteiger partial charge in [0, 0.05) is 12.5 Å². The van der Waals surface area contributed by atoms with Gasteiger partial charge in [0.05, 0.1) is 12.5 Å². The summed E-state index contributed by atoms with van der Waals surface area (Å²) in [5, 5.41) is 8.95. The minimum absolute atomic E-state index is 0.320. The van der Waals surface area contributed by atoms with Gasteiger partial charge in [0.2, 0.25) is 0 Å². The molecule has 2 nitrogen and oxygen atoms in total. The average Bonchev–Trinajstić information content (AvgIpc) is 2.36. The van der Waals surface area contributed by atoms with E-state index in [4.69, 9.17) is 11.7 Å². The number of nitrogens with zero attached hydrogens (tertiary/aromatic N) is 2. The topological polar surface area (TPSA) is 27.0 Å². The Kier molecular flexibility index (Phi) is 4.01. The van der Waals surface area contributed by atoms with Crippen LogP contribution in [0, 0.1) is 23.7 Å². The molecule has 16 heavy (non-hydrogen) atoms. The second-order valence-electron chi connectivity index (χ2n) is 5.92. The van der Waals surface area contributed by atoms with Crippen LogP contribution >= 0.6 is 0 Å². The highest BCUT2D eigenvalue weighted by molar-refractivity contribution is 6.95. The summed E-state index contributed by atoms with van der Waals surface area (Å²) in [6, 6.07) is 5.38. The molecule has 1 aliphatic rings. The van der Waals surface area contributed by atoms with Crippen LogP contribution in [0.5, 0.6) is 0 Å². The third kappa shape index (κ3) is 2.57. The van der Waals surface area contributed by atoms with Crippen LogP contribution in [-0.2, 0) is 0 Å². The molecule has 1 unspecified atom stereocenters. The third-order valence-electron chi connectivity index (χ3n) is 3.70. The predicted octanol–water partition coefficient (Wildman–Crippen LogP) is 3.02. The zero-order chi connectivity index (χ0) is 12.4. The fourth-order valence-corrected chi connectivity index (χ4v) is 18.1. The first-order valence-electron chi connectivity index (χ1n) is 5.95. The summed E-state index contributed by atoms with van der Waals surface area (Å²) in [5.41, 5.74) is 0. The Morgan fingerprint density at radius 2 is 1.69 bits per heavy atom. The Morgan fingerprint density at radius 1 is 1.19 bits per heavy atom. The van der Waals surface area contributed by atoms with Crippen molar-refractivity contribution in [3.8, 4) is 18.4 Å². The van der Waals surface area contributed by atoms with Gasteiger partial charge in [0.1, 0.15) is 16.5 Å². The highest BCUT2D eigenvalue weighted by atomic mass is 28.4. The molecular formula is C12H22N2Si2. The average molecular weight is 250 g/mol. The van der Waals surface area contributed by atoms with Gasteiger partial charge in [-0.3, -0.25) is 0 Å². The van der Waals surface area contributed by atoms with Crippen molar-refractivity contribution in [2.24, 2.45) is 0 Å². The van der Waals surface area contributed by atoms with Crippen molar-refractivity contribution in [2.45, 2.75) is 57.2 Å². The van der Waals surface area contributed by atoms with Crippen LogP contribution < -0.4 is 0 Å². The monoisotopic (exact) mass is 250 g/mol. The lowest BCUT2D eigenvalue weighted by molar-refractivity contribution is 0.460. The van der Waals surface area contributed by atoms with E-state index in [9.17, 15) is 0 Å². The van der Waals surface area contributed by atoms with Crippen molar-refractivity contribution in [1.29, 1.82) is 5.26 Å². The van der Waals surface area contributed by atoms with Crippen molar-refractivity contribution in [3.05, 3.63) is 0 Å². The lowest BCUT2D eigenvalue weighted by Crippen LogP contribution is -2.59. The lowest BCUT2D eigenvalue weighted by Gasteiger charge is -2.43. The van der Waals surface area contributed by atoms with E-state index in [1.54, 1.807) is 0 Å². The maximum absolute atomic E-state index is 8.95. The number of terminal acetylenes is 1. The van der Waals surface area contributed by atoms with Gasteiger partial charge in [-0.05, 0) is 12.1 Å². The summed E-state index contributed by atoms with van der Waals surface area (Å²) in [7, 11) is -2.59. The summed E-state index contributed by atoms with van der Waals surface area (Å²) < 4.78 is 2.74. The fourth-order valence-electron chi connectivity index (χ4n) is 3.16. The van der Waals surface area contributed by atoms with Gasteiger partial charge in [-0.25, -0.2) is 0 Å². The predicted molar refractivity (Wildman–Crippen MR) is 73.9 cm³/mol. The quantitative estimate of drug-likeness (QED) is 0.569. The Morgan fingerprint density at radius 3 is 2.06 bits per heavy atom. The third-order valence-corrected chi connectivity index (χ3v) is 14.1. The normalized spacial score (nSPS) is 24.6. The number of rotatable bonds is 3. The van der Waals surface area contributed by atoms with Gasteiger partial charge in [-0.2, -0.15) is 5.26 Å². The molecular weight excluding hydrogens is 228 g/mol. The van der Waals surface area contributed by atoms with E-state index in [1.807, 2.05) is 0 Å². The molecule has 1 fully saturated rings. The summed E-state index contributed by atoms with van der Waals surface area (Å²) in [4.78, 5) is 0. The molecule has 0 radical (unpaired) electrons. The minimum Gasteiger partial charge on any atom is -0.341 e. The molecule has 4 heteroatoms. The summed E-state index contributed by atoms with van der Waals surface area (Å²) >= 11 is 0. The zero-order valence-electron chi connectivity index (χ0n) is 10.9. The molecule has 88 valence electrons. The van der Waals surface area contributed by atoms with E-state index in [0.29, 0.717) is 12.5 Å². The van der Waals surface area contributed by atoms with Crippen LogP contribution in [0.3, 0.4) is 0 Å². The van der Waals surface area contributed by atoms with E-state index in [2.05, 4.69) is 42.4 Å². The highest BCUT2D eigenvalue weighted by Gasteiger charge is 2.49. The number of nitriles is 1. The Bertz CT molecular complexity index is 304. The highest BCUT2D eigenvalue weighted by Crippen LogP contribution is 2.39. The fraction of sp³-hybridized carbons (Fsp3) is 0.750. The first-order chi connectivity index (χ1) is 7.35. The van der Waals surface area contributed by atoms with E-state index in [1.165, 1.54) is 12.1 Å². The molecule has 0 spiro atoms. The molecule has 1 atom stereocenters. The Hall–Kier alpha value is -0.556. The SMILES string of the molecule is C#CCC(CC#N)N1[Si](C)(C)CC[Si]1(C)C. The van der Waals surface area contributed by atoms with Crippen LogP contribution in [0.1, 0.15) is 12.8 Å². The van der Waals surface area contributed by atoms with Crippen molar-refractivity contribution in [3.63, 3.8) is 0 Å². The Balaban J connectivity index is 2.97. The van der Waals surface area contributed by atoms with Crippen LogP contribution in [0.2, 0.25) is 38.3 Å². The van der Waals surface area contributed by atoms with Crippen LogP contribution in [0.15, 0.2) is 0 Å².